The molecular weight excluding hydrogens is 230 g/mol. The summed E-state index contributed by atoms with van der Waals surface area (Å²) < 4.78 is 12.5. The lowest BCUT2D eigenvalue weighted by Gasteiger charge is -2.05. The third kappa shape index (κ3) is 6.02. The zero-order valence-corrected chi connectivity index (χ0v) is 11.7. The van der Waals surface area contributed by atoms with Gasteiger partial charge in [-0.1, -0.05) is 0 Å². The third-order valence-electron chi connectivity index (χ3n) is 2.61. The van der Waals surface area contributed by atoms with Crippen LogP contribution in [-0.4, -0.2) is 43.2 Å². The van der Waals surface area contributed by atoms with Crippen molar-refractivity contribution in [3.05, 3.63) is 12.4 Å². The monoisotopic (exact) mass is 255 g/mol. The van der Waals surface area contributed by atoms with E-state index in [1.807, 2.05) is 10.9 Å². The molecule has 0 bridgehead atoms. The molecule has 0 spiro atoms. The Bertz CT molecular complexity index is 313. The minimum absolute atomic E-state index is 0.382. The SMILES string of the molecule is COCCNCCCCOc1cnn(C(C)C)c1. The average molecular weight is 255 g/mol. The average Bonchev–Trinajstić information content (AvgIpc) is 2.81. The lowest BCUT2D eigenvalue weighted by Crippen LogP contribution is -2.20. The summed E-state index contributed by atoms with van der Waals surface area (Å²) in [5, 5.41) is 7.54. The quantitative estimate of drug-likeness (QED) is 0.648. The predicted octanol–water partition coefficient (Wildman–Crippen LogP) is 1.86. The van der Waals surface area contributed by atoms with Crippen molar-refractivity contribution in [3.63, 3.8) is 0 Å². The molecule has 0 unspecified atom stereocenters. The zero-order chi connectivity index (χ0) is 13.2. The maximum absolute atomic E-state index is 5.63. The van der Waals surface area contributed by atoms with Gasteiger partial charge in [0.1, 0.15) is 0 Å². The second-order valence-electron chi connectivity index (χ2n) is 4.55. The van der Waals surface area contributed by atoms with Crippen molar-refractivity contribution in [2.24, 2.45) is 0 Å². The molecule has 1 rings (SSSR count). The number of hydrogen-bond acceptors (Lipinski definition) is 4. The number of unbranched alkanes of at least 4 members (excludes halogenated alkanes) is 1. The van der Waals surface area contributed by atoms with E-state index in [9.17, 15) is 0 Å². The molecule has 1 heterocycles. The second kappa shape index (κ2) is 8.94. The Morgan fingerprint density at radius 3 is 2.78 bits per heavy atom. The van der Waals surface area contributed by atoms with Gasteiger partial charge in [-0.3, -0.25) is 4.68 Å². The van der Waals surface area contributed by atoms with Gasteiger partial charge in [-0.05, 0) is 33.2 Å². The Kier molecular flexibility index (Phi) is 7.44. The van der Waals surface area contributed by atoms with Crippen molar-refractivity contribution in [1.29, 1.82) is 0 Å². The molecular formula is C13H25N3O2. The van der Waals surface area contributed by atoms with Crippen LogP contribution in [0.1, 0.15) is 32.7 Å². The Morgan fingerprint density at radius 2 is 2.11 bits per heavy atom. The number of methoxy groups -OCH3 is 1. The summed E-state index contributed by atoms with van der Waals surface area (Å²) in [6.07, 6.45) is 5.88. The molecule has 5 heteroatoms. The highest BCUT2D eigenvalue weighted by molar-refractivity contribution is 5.11. The molecule has 18 heavy (non-hydrogen) atoms. The molecule has 0 radical (unpaired) electrons. The van der Waals surface area contributed by atoms with Gasteiger partial charge in [-0.15, -0.1) is 0 Å². The Labute approximate surface area is 109 Å². The van der Waals surface area contributed by atoms with Crippen molar-refractivity contribution in [2.75, 3.05) is 33.4 Å². The molecule has 0 aliphatic carbocycles. The van der Waals surface area contributed by atoms with Crippen LogP contribution in [0.2, 0.25) is 0 Å². The van der Waals surface area contributed by atoms with Crippen LogP contribution in [0.5, 0.6) is 5.75 Å². The first-order chi connectivity index (χ1) is 8.74. The standard InChI is InChI=1S/C13H25N3O2/c1-12(2)16-11-13(10-15-16)18-8-5-4-6-14-7-9-17-3/h10-12,14H,4-9H2,1-3H3. The van der Waals surface area contributed by atoms with Crippen LogP contribution < -0.4 is 10.1 Å². The Morgan fingerprint density at radius 1 is 1.28 bits per heavy atom. The fourth-order valence-electron chi connectivity index (χ4n) is 1.52. The fraction of sp³-hybridized carbons (Fsp3) is 0.769. The molecule has 1 aromatic rings. The highest BCUT2D eigenvalue weighted by atomic mass is 16.5. The molecule has 1 N–H and O–H groups in total. The zero-order valence-electron chi connectivity index (χ0n) is 11.7. The molecule has 104 valence electrons. The predicted molar refractivity (Wildman–Crippen MR) is 72.1 cm³/mol. The highest BCUT2D eigenvalue weighted by Gasteiger charge is 2.01. The molecule has 0 aliphatic heterocycles. The summed E-state index contributed by atoms with van der Waals surface area (Å²) in [6, 6.07) is 0.382. The first-order valence-electron chi connectivity index (χ1n) is 6.60. The van der Waals surface area contributed by atoms with Gasteiger partial charge < -0.3 is 14.8 Å². The summed E-state index contributed by atoms with van der Waals surface area (Å²) >= 11 is 0. The number of rotatable bonds is 10. The Hall–Kier alpha value is -1.07. The van der Waals surface area contributed by atoms with E-state index in [0.29, 0.717) is 6.04 Å². The van der Waals surface area contributed by atoms with Gasteiger partial charge >= 0.3 is 0 Å². The number of nitrogens with zero attached hydrogens (tertiary/aromatic N) is 2. The number of nitrogens with one attached hydrogen (secondary N) is 1. The molecule has 0 amide bonds. The molecule has 0 fully saturated rings. The summed E-state index contributed by atoms with van der Waals surface area (Å²) in [5.74, 6) is 0.857. The van der Waals surface area contributed by atoms with E-state index >= 15 is 0 Å². The first-order valence-corrected chi connectivity index (χ1v) is 6.60. The van der Waals surface area contributed by atoms with E-state index in [0.717, 1.165) is 44.9 Å². The number of ether oxygens (including phenoxy) is 2. The van der Waals surface area contributed by atoms with Crippen LogP contribution in [0.3, 0.4) is 0 Å². The van der Waals surface area contributed by atoms with E-state index < -0.39 is 0 Å². The van der Waals surface area contributed by atoms with Gasteiger partial charge in [0.2, 0.25) is 0 Å². The summed E-state index contributed by atoms with van der Waals surface area (Å²) in [7, 11) is 1.72. The van der Waals surface area contributed by atoms with E-state index in [-0.39, 0.29) is 0 Å². The lowest BCUT2D eigenvalue weighted by molar-refractivity contribution is 0.199. The molecule has 0 atom stereocenters. The van der Waals surface area contributed by atoms with Crippen molar-refractivity contribution < 1.29 is 9.47 Å². The molecule has 1 aromatic heterocycles. The van der Waals surface area contributed by atoms with E-state index in [4.69, 9.17) is 9.47 Å². The van der Waals surface area contributed by atoms with E-state index in [1.165, 1.54) is 0 Å². The third-order valence-corrected chi connectivity index (χ3v) is 2.61. The minimum Gasteiger partial charge on any atom is -0.490 e. The lowest BCUT2D eigenvalue weighted by atomic mass is 10.3. The van der Waals surface area contributed by atoms with Gasteiger partial charge in [0.05, 0.1) is 25.6 Å². The van der Waals surface area contributed by atoms with Crippen molar-refractivity contribution in [3.8, 4) is 5.75 Å². The number of aromatic nitrogens is 2. The van der Waals surface area contributed by atoms with E-state index in [1.54, 1.807) is 13.3 Å². The Balaban J connectivity index is 2.00. The minimum atomic E-state index is 0.382. The van der Waals surface area contributed by atoms with Crippen LogP contribution in [0.4, 0.5) is 0 Å². The smallest absolute Gasteiger partial charge is 0.157 e. The molecule has 0 saturated carbocycles. The molecule has 5 nitrogen and oxygen atoms in total. The molecule has 0 aliphatic rings. The summed E-state index contributed by atoms with van der Waals surface area (Å²) in [5.41, 5.74) is 0. The van der Waals surface area contributed by atoms with Crippen LogP contribution in [0.15, 0.2) is 12.4 Å². The normalized spacial score (nSPS) is 11.1. The van der Waals surface area contributed by atoms with Crippen LogP contribution >= 0.6 is 0 Å². The van der Waals surface area contributed by atoms with Crippen LogP contribution in [-0.2, 0) is 4.74 Å². The van der Waals surface area contributed by atoms with Gasteiger partial charge in [-0.25, -0.2) is 0 Å². The molecule has 0 aromatic carbocycles. The summed E-state index contributed by atoms with van der Waals surface area (Å²) in [6.45, 7) is 7.64. The highest BCUT2D eigenvalue weighted by Crippen LogP contribution is 2.12. The van der Waals surface area contributed by atoms with Crippen molar-refractivity contribution in [1.82, 2.24) is 15.1 Å². The van der Waals surface area contributed by atoms with Crippen molar-refractivity contribution >= 4 is 0 Å². The maximum atomic E-state index is 5.63. The second-order valence-corrected chi connectivity index (χ2v) is 4.55. The van der Waals surface area contributed by atoms with Crippen LogP contribution in [0.25, 0.3) is 0 Å². The largest absolute Gasteiger partial charge is 0.490 e. The van der Waals surface area contributed by atoms with E-state index in [2.05, 4.69) is 24.3 Å². The fourth-order valence-corrected chi connectivity index (χ4v) is 1.52. The topological polar surface area (TPSA) is 48.3 Å². The summed E-state index contributed by atoms with van der Waals surface area (Å²) in [4.78, 5) is 0. The van der Waals surface area contributed by atoms with Gasteiger partial charge in [0, 0.05) is 19.7 Å². The maximum Gasteiger partial charge on any atom is 0.157 e. The van der Waals surface area contributed by atoms with Gasteiger partial charge in [0.15, 0.2) is 5.75 Å². The number of hydrogen-bond donors (Lipinski definition) is 1. The first kappa shape index (κ1) is 15.0. The van der Waals surface area contributed by atoms with Crippen LogP contribution in [0, 0.1) is 0 Å². The van der Waals surface area contributed by atoms with Crippen molar-refractivity contribution in [2.45, 2.75) is 32.7 Å². The molecule has 0 saturated heterocycles. The van der Waals surface area contributed by atoms with Gasteiger partial charge in [-0.2, -0.15) is 5.10 Å². The van der Waals surface area contributed by atoms with Gasteiger partial charge in [0.25, 0.3) is 0 Å².